The summed E-state index contributed by atoms with van der Waals surface area (Å²) in [6.07, 6.45) is 14.0. The first-order valence-electron chi connectivity index (χ1n) is 10.9. The van der Waals surface area contributed by atoms with Crippen molar-refractivity contribution in [1.82, 2.24) is 0 Å². The maximum absolute atomic E-state index is 11.7. The predicted octanol–water partition coefficient (Wildman–Crippen LogP) is 5.28. The zero-order valence-electron chi connectivity index (χ0n) is 17.8. The van der Waals surface area contributed by atoms with Gasteiger partial charge in [0.2, 0.25) is 0 Å². The first-order chi connectivity index (χ1) is 12.9. The van der Waals surface area contributed by atoms with Crippen LogP contribution in [0.25, 0.3) is 0 Å². The van der Waals surface area contributed by atoms with Crippen LogP contribution in [0, 0.1) is 28.6 Å². The van der Waals surface area contributed by atoms with E-state index in [9.17, 15) is 14.7 Å². The van der Waals surface area contributed by atoms with E-state index < -0.39 is 0 Å². The normalized spacial score (nSPS) is 41.6. The molecule has 3 heteroatoms. The predicted molar refractivity (Wildman–Crippen MR) is 110 cm³/mol. The van der Waals surface area contributed by atoms with Crippen molar-refractivity contribution in [3.63, 3.8) is 0 Å². The van der Waals surface area contributed by atoms with E-state index in [4.69, 9.17) is 0 Å². The monoisotopic (exact) mass is 374 g/mol. The van der Waals surface area contributed by atoms with Crippen molar-refractivity contribution >= 4 is 12.1 Å². The van der Waals surface area contributed by atoms with E-state index in [1.165, 1.54) is 24.8 Å². The summed E-state index contributed by atoms with van der Waals surface area (Å²) < 4.78 is 0. The molecule has 0 bridgehead atoms. The molecule has 3 nitrogen and oxygen atoms in total. The van der Waals surface area contributed by atoms with Crippen molar-refractivity contribution in [3.05, 3.63) is 23.8 Å². The quantitative estimate of drug-likeness (QED) is 0.636. The number of carbonyl (C=O) groups excluding carboxylic acids is 2. The van der Waals surface area contributed by atoms with Gasteiger partial charge in [-0.05, 0) is 61.5 Å². The number of hydrogen-bond acceptors (Lipinski definition) is 3. The van der Waals surface area contributed by atoms with Gasteiger partial charge in [0.05, 0.1) is 6.10 Å². The Balaban J connectivity index is 0.000000389. The molecule has 6 unspecified atom stereocenters. The topological polar surface area (TPSA) is 54.4 Å². The Kier molecular flexibility index (Phi) is 7.24. The molecule has 3 fully saturated rings. The number of aliphatic hydroxyl groups excluding tert-OH is 1. The van der Waals surface area contributed by atoms with Crippen LogP contribution < -0.4 is 0 Å². The van der Waals surface area contributed by atoms with Crippen molar-refractivity contribution in [1.29, 1.82) is 0 Å². The molecule has 4 rings (SSSR count). The fourth-order valence-electron chi connectivity index (χ4n) is 6.34. The third kappa shape index (κ3) is 3.99. The van der Waals surface area contributed by atoms with Gasteiger partial charge < -0.3 is 9.90 Å². The minimum absolute atomic E-state index is 0.0971. The van der Waals surface area contributed by atoms with Crippen LogP contribution in [0.5, 0.6) is 0 Å². The van der Waals surface area contributed by atoms with Crippen LogP contribution >= 0.6 is 0 Å². The van der Waals surface area contributed by atoms with Gasteiger partial charge in [-0.1, -0.05) is 52.7 Å². The Morgan fingerprint density at radius 3 is 2.56 bits per heavy atom. The minimum Gasteiger partial charge on any atom is -0.393 e. The number of carbonyl (C=O) groups is 2. The lowest BCUT2D eigenvalue weighted by Crippen LogP contribution is -2.54. The van der Waals surface area contributed by atoms with E-state index in [2.05, 4.69) is 19.9 Å². The highest BCUT2D eigenvalue weighted by molar-refractivity contribution is 6.01. The molecule has 0 heterocycles. The van der Waals surface area contributed by atoms with Crippen LogP contribution in [0.15, 0.2) is 23.8 Å². The average molecular weight is 375 g/mol. The van der Waals surface area contributed by atoms with Gasteiger partial charge in [-0.15, -0.1) is 0 Å². The first-order valence-corrected chi connectivity index (χ1v) is 10.9. The maximum Gasteiger partial charge on any atom is 0.178 e. The molecule has 0 aromatic carbocycles. The van der Waals surface area contributed by atoms with Crippen molar-refractivity contribution in [2.24, 2.45) is 28.6 Å². The van der Waals surface area contributed by atoms with E-state index in [0.717, 1.165) is 31.5 Å². The number of aliphatic hydroxyl groups is 1. The van der Waals surface area contributed by atoms with Gasteiger partial charge in [0, 0.05) is 17.8 Å². The van der Waals surface area contributed by atoms with Crippen molar-refractivity contribution in [2.75, 3.05) is 0 Å². The fraction of sp³-hybridized carbons (Fsp3) is 0.750. The second kappa shape index (κ2) is 8.86. The number of fused-ring (bicyclic) bond motifs is 5. The van der Waals surface area contributed by atoms with Crippen LogP contribution in [0.2, 0.25) is 0 Å². The molecule has 0 aromatic heterocycles. The molecule has 0 spiro atoms. The molecule has 27 heavy (non-hydrogen) atoms. The number of aldehydes is 1. The Hall–Kier alpha value is -1.22. The molecule has 4 aliphatic rings. The molecular formula is C24H38O3. The van der Waals surface area contributed by atoms with Gasteiger partial charge in [0.25, 0.3) is 0 Å². The molecule has 3 saturated carbocycles. The summed E-state index contributed by atoms with van der Waals surface area (Å²) in [5.41, 5.74) is 1.52. The second-order valence-corrected chi connectivity index (χ2v) is 8.92. The van der Waals surface area contributed by atoms with Gasteiger partial charge >= 0.3 is 0 Å². The number of hydrogen-bond donors (Lipinski definition) is 1. The molecule has 0 radical (unpaired) electrons. The molecule has 1 N–H and O–H groups in total. The zero-order valence-corrected chi connectivity index (χ0v) is 17.8. The molecule has 152 valence electrons. The molecule has 0 aliphatic heterocycles. The Bertz CT molecular complexity index is 605. The van der Waals surface area contributed by atoms with E-state index >= 15 is 0 Å². The summed E-state index contributed by atoms with van der Waals surface area (Å²) >= 11 is 0. The molecule has 0 amide bonds. The number of allylic oxidation sites excluding steroid dienone is 4. The van der Waals surface area contributed by atoms with Crippen LogP contribution in [-0.2, 0) is 9.59 Å². The highest BCUT2D eigenvalue weighted by Crippen LogP contribution is 2.64. The number of rotatable bonds is 1. The summed E-state index contributed by atoms with van der Waals surface area (Å²) in [6, 6.07) is 0. The fourth-order valence-corrected chi connectivity index (χ4v) is 6.34. The lowest BCUT2D eigenvalue weighted by atomic mass is 9.47. The molecule has 6 atom stereocenters. The SMILES string of the molecule is CC.CC12CCCC1C1CCC3=CC(=O)C=CC3(C)C1C(O)C2.CCC=O. The molecule has 0 saturated heterocycles. The van der Waals surface area contributed by atoms with Gasteiger partial charge in [0.15, 0.2) is 5.78 Å². The largest absolute Gasteiger partial charge is 0.393 e. The smallest absolute Gasteiger partial charge is 0.178 e. The highest BCUT2D eigenvalue weighted by atomic mass is 16.3. The van der Waals surface area contributed by atoms with E-state index in [-0.39, 0.29) is 17.3 Å². The van der Waals surface area contributed by atoms with Gasteiger partial charge in [-0.25, -0.2) is 0 Å². The van der Waals surface area contributed by atoms with Crippen molar-refractivity contribution < 1.29 is 14.7 Å². The van der Waals surface area contributed by atoms with Crippen molar-refractivity contribution in [3.8, 4) is 0 Å². The van der Waals surface area contributed by atoms with Gasteiger partial charge in [-0.2, -0.15) is 0 Å². The third-order valence-electron chi connectivity index (χ3n) is 7.43. The van der Waals surface area contributed by atoms with Crippen LogP contribution in [0.3, 0.4) is 0 Å². The molecular weight excluding hydrogens is 336 g/mol. The molecule has 4 aliphatic carbocycles. The summed E-state index contributed by atoms with van der Waals surface area (Å²) in [6.45, 7) is 10.5. The summed E-state index contributed by atoms with van der Waals surface area (Å²) in [5, 5.41) is 10.9. The summed E-state index contributed by atoms with van der Waals surface area (Å²) in [4.78, 5) is 20.9. The van der Waals surface area contributed by atoms with E-state index in [0.29, 0.717) is 23.7 Å². The van der Waals surface area contributed by atoms with Crippen LogP contribution in [-0.4, -0.2) is 23.3 Å². The van der Waals surface area contributed by atoms with Crippen LogP contribution in [0.1, 0.15) is 79.6 Å². The van der Waals surface area contributed by atoms with E-state index in [1.807, 2.05) is 26.8 Å². The minimum atomic E-state index is -0.221. The molecule has 0 aromatic rings. The van der Waals surface area contributed by atoms with Crippen LogP contribution in [0.4, 0.5) is 0 Å². The van der Waals surface area contributed by atoms with Gasteiger partial charge in [-0.3, -0.25) is 4.79 Å². The first kappa shape index (κ1) is 22.1. The highest BCUT2D eigenvalue weighted by Gasteiger charge is 2.58. The van der Waals surface area contributed by atoms with E-state index in [1.54, 1.807) is 6.08 Å². The zero-order chi connectivity index (χ0) is 20.2. The summed E-state index contributed by atoms with van der Waals surface area (Å²) in [7, 11) is 0. The van der Waals surface area contributed by atoms with Gasteiger partial charge in [0.1, 0.15) is 6.29 Å². The lowest BCUT2D eigenvalue weighted by Gasteiger charge is -2.58. The lowest BCUT2D eigenvalue weighted by molar-refractivity contribution is -0.113. The second-order valence-electron chi connectivity index (χ2n) is 8.92. The third-order valence-corrected chi connectivity index (χ3v) is 7.43. The maximum atomic E-state index is 11.7. The van der Waals surface area contributed by atoms with Crippen molar-refractivity contribution in [2.45, 2.75) is 85.7 Å². The summed E-state index contributed by atoms with van der Waals surface area (Å²) in [5.74, 6) is 1.83. The Morgan fingerprint density at radius 1 is 1.26 bits per heavy atom. The standard InChI is InChI=1S/C19H26O2.C3H6O.C2H6/c1-18-8-3-4-15(18)14-6-5-12-10-13(20)7-9-19(12,2)17(14)16(21)11-18;1-2-3-4;1-2/h7,9-10,14-17,21H,3-6,8,11H2,1-2H3;3H,2H2,1H3;1-2H3. The average Bonchev–Trinajstić information content (AvgIpc) is 3.05. The Morgan fingerprint density at radius 2 is 1.93 bits per heavy atom. The number of ketones is 1. The Labute approximate surface area is 165 Å².